The summed E-state index contributed by atoms with van der Waals surface area (Å²) >= 11 is 0. The van der Waals surface area contributed by atoms with E-state index in [1.165, 1.54) is 37.4 Å². The van der Waals surface area contributed by atoms with E-state index in [-0.39, 0.29) is 61.5 Å². The van der Waals surface area contributed by atoms with Gasteiger partial charge in [-0.25, -0.2) is 4.98 Å². The minimum absolute atomic E-state index is 0. The van der Waals surface area contributed by atoms with E-state index >= 15 is 0 Å². The number of hydrogen-bond donors (Lipinski definition) is 0. The van der Waals surface area contributed by atoms with Crippen LogP contribution in [0.5, 0.6) is 11.5 Å². The molecule has 0 atom stereocenters. The molecule has 11 aromatic carbocycles. The third-order valence-electron chi connectivity index (χ3n) is 19.3. The van der Waals surface area contributed by atoms with Gasteiger partial charge in [-0.1, -0.05) is 254 Å². The summed E-state index contributed by atoms with van der Waals surface area (Å²) in [6.45, 7) is 16.1. The van der Waals surface area contributed by atoms with Crippen LogP contribution in [0.4, 0.5) is 0 Å². The van der Waals surface area contributed by atoms with Gasteiger partial charge in [0.05, 0.1) is 22.2 Å². The predicted molar refractivity (Wildman–Crippen MR) is 373 cm³/mol. The average Bonchev–Trinajstić information content (AvgIpc) is 1.67. The first-order valence-electron chi connectivity index (χ1n) is 33.2. The van der Waals surface area contributed by atoms with Gasteiger partial charge < -0.3 is 13.9 Å². The van der Waals surface area contributed by atoms with Crippen LogP contribution in [0, 0.1) is 18.5 Å². The van der Waals surface area contributed by atoms with E-state index < -0.39 is 8.07 Å². The molecule has 5 nitrogen and oxygen atoms in total. The Bertz CT molecular complexity index is 5310. The molecule has 91 heavy (non-hydrogen) atoms. The molecule has 3 aromatic heterocycles. The second-order valence-electron chi connectivity index (χ2n) is 26.6. The van der Waals surface area contributed by atoms with Crippen molar-refractivity contribution in [1.29, 1.82) is 0 Å². The van der Waals surface area contributed by atoms with Gasteiger partial charge in [0.15, 0.2) is 8.07 Å². The van der Waals surface area contributed by atoms with Crippen molar-refractivity contribution in [1.82, 2.24) is 14.1 Å². The summed E-state index contributed by atoms with van der Waals surface area (Å²) in [5, 5.41) is 7.27. The van der Waals surface area contributed by atoms with E-state index in [1.807, 2.05) is 47.2 Å². The fraction of sp³-hybridized carbons (Fsp3) is 0.143. The summed E-state index contributed by atoms with van der Waals surface area (Å²) in [5.41, 5.74) is 15.7. The largest absolute Gasteiger partial charge is 0.510 e. The van der Waals surface area contributed by atoms with Crippen molar-refractivity contribution in [3.05, 3.63) is 296 Å². The molecule has 7 heteroatoms. The van der Waals surface area contributed by atoms with Crippen molar-refractivity contribution in [3.63, 3.8) is 0 Å². The van der Waals surface area contributed by atoms with Crippen LogP contribution in [0.3, 0.4) is 0 Å². The summed E-state index contributed by atoms with van der Waals surface area (Å²) in [5.74, 6) is 1.78. The summed E-state index contributed by atoms with van der Waals surface area (Å²) in [6.07, 6.45) is 7.89. The molecular formula is C84H68N4OPtSi-2. The van der Waals surface area contributed by atoms with Crippen molar-refractivity contribution >= 4 is 61.7 Å². The van der Waals surface area contributed by atoms with Gasteiger partial charge in [0.1, 0.15) is 5.82 Å². The Hall–Kier alpha value is -9.45. The van der Waals surface area contributed by atoms with Gasteiger partial charge >= 0.3 is 0 Å². The zero-order chi connectivity index (χ0) is 64.6. The van der Waals surface area contributed by atoms with Gasteiger partial charge in [-0.3, -0.25) is 4.57 Å². The third-order valence-corrected chi connectivity index (χ3v) is 24.1. The molecule has 1 aliphatic heterocycles. The number of rotatable bonds is 9. The summed E-state index contributed by atoms with van der Waals surface area (Å²) in [6, 6.07) is 89.0. The van der Waals surface area contributed by atoms with Crippen LogP contribution >= 0.6 is 0 Å². The number of benzene rings is 11. The molecule has 0 radical (unpaired) electrons. The number of pyridine rings is 1. The minimum atomic E-state index is -2.91. The van der Waals surface area contributed by atoms with E-state index in [1.54, 1.807) is 6.07 Å². The summed E-state index contributed by atoms with van der Waals surface area (Å²) in [4.78, 5) is 5.10. The molecule has 446 valence electrons. The average molecular weight is 1380 g/mol. The fourth-order valence-electron chi connectivity index (χ4n) is 14.6. The Labute approximate surface area is 554 Å². The molecule has 0 bridgehead atoms. The molecule has 2 aliphatic rings. The number of ether oxygens (including phenoxy) is 1. The second-order valence-corrected chi connectivity index (χ2v) is 30.4. The Morgan fingerprint density at radius 2 is 1.11 bits per heavy atom. The van der Waals surface area contributed by atoms with E-state index in [2.05, 4.69) is 264 Å². The smallest absolute Gasteiger partial charge is 0.268 e. The molecule has 16 rings (SSSR count). The standard InChI is InChI=1S/C84H68N4OSi.Pt/c1-82(2,3)57-45-48-85-79(49-57)88-76-44-42-64(90(61-29-14-9-15-30-61,62-31-16-10-17-32-62)63-33-18-11-19-34-63)52-73(76)68-43-41-60(51-78(68)88)89-59-28-22-27-58(50-59)86-55-87-80-65(56-25-12-8-13-26-56)37-23-38-70(80)72-54-75-74(83(4,5)46-47-84(75,6)7)53-71(72)67-36-21-20-35-66(67)69-39-24-40-77(86)81(69)87;/h8-45,48-49,52-54H,46-47H2,1-7H3;/q-2;/i8D,12D,13D,25D;. The first kappa shape index (κ1) is 53.4. The van der Waals surface area contributed by atoms with Gasteiger partial charge in [0.2, 0.25) is 0 Å². The van der Waals surface area contributed by atoms with Crippen LogP contribution in [0.1, 0.15) is 83.5 Å². The van der Waals surface area contributed by atoms with E-state index in [0.29, 0.717) is 28.3 Å². The monoisotopic (exact) mass is 1380 g/mol. The maximum Gasteiger partial charge on any atom is 0.268 e. The Kier molecular flexibility index (Phi) is 13.0. The molecule has 0 unspecified atom stereocenters. The second kappa shape index (κ2) is 22.2. The maximum absolute atomic E-state index is 9.48. The van der Waals surface area contributed by atoms with Crippen LogP contribution < -0.4 is 30.1 Å². The van der Waals surface area contributed by atoms with Gasteiger partial charge in [0.25, 0.3) is 6.33 Å². The Morgan fingerprint density at radius 1 is 0.516 bits per heavy atom. The molecular weight excluding hydrogens is 1300 g/mol. The number of imidazole rings is 1. The number of aromatic nitrogens is 4. The van der Waals surface area contributed by atoms with E-state index in [0.717, 1.165) is 90.6 Å². The Balaban J connectivity index is 0.00000743. The SMILES string of the molecule is [2H]c1cc(-c2cccc3c2-[n+]2[c-]n(-c4[c-]c(Oc5[c-]c6c(cc5)c5cc([Si](c7ccccc7)(c7ccccc7)c7ccccc7)ccc5n6-c5cc(C(C)(C)C)ccn5)ccc4)c4cccc(c42)-c2ccccc2-c2cc4c(cc2-3)C(C)(C)CCC4(C)C)c([2H])c([2H])c1[2H].[Pt]. The van der Waals surface area contributed by atoms with Gasteiger partial charge in [-0.2, -0.15) is 18.2 Å². The van der Waals surface area contributed by atoms with Gasteiger partial charge in [-0.15, -0.1) is 29.7 Å². The van der Waals surface area contributed by atoms with Crippen LogP contribution in [0.25, 0.3) is 94.5 Å². The molecule has 0 amide bonds. The third kappa shape index (κ3) is 9.51. The molecule has 0 saturated carbocycles. The molecule has 4 heterocycles. The first-order chi connectivity index (χ1) is 45.4. The fourth-order valence-corrected chi connectivity index (χ4v) is 19.4. The van der Waals surface area contributed by atoms with Crippen molar-refractivity contribution in [2.24, 2.45) is 0 Å². The molecule has 14 aromatic rings. The predicted octanol–water partition coefficient (Wildman–Crippen LogP) is 17.6. The Morgan fingerprint density at radius 3 is 1.79 bits per heavy atom. The number of nitrogens with zero attached hydrogens (tertiary/aromatic N) is 4. The summed E-state index contributed by atoms with van der Waals surface area (Å²) in [7, 11) is -2.91. The van der Waals surface area contributed by atoms with Crippen molar-refractivity contribution in [2.75, 3.05) is 0 Å². The first-order valence-corrected chi connectivity index (χ1v) is 33.2. The topological polar surface area (TPSA) is 35.9 Å². The van der Waals surface area contributed by atoms with Crippen LogP contribution in [-0.2, 0) is 37.3 Å². The van der Waals surface area contributed by atoms with E-state index in [4.69, 9.17) is 13.8 Å². The number of fused-ring (bicyclic) bond motifs is 11. The molecule has 0 N–H and O–H groups in total. The summed E-state index contributed by atoms with van der Waals surface area (Å²) < 4.78 is 49.5. The molecule has 0 saturated heterocycles. The maximum atomic E-state index is 9.48. The molecule has 0 fully saturated rings. The molecule has 1 aliphatic carbocycles. The zero-order valence-electron chi connectivity index (χ0n) is 55.9. The zero-order valence-corrected chi connectivity index (χ0v) is 55.2. The number of para-hydroxylation sites is 2. The van der Waals surface area contributed by atoms with Crippen LogP contribution in [-0.4, -0.2) is 22.2 Å². The van der Waals surface area contributed by atoms with Crippen molar-refractivity contribution in [3.8, 4) is 73.2 Å². The quantitative estimate of drug-likeness (QED) is 0.0625. The van der Waals surface area contributed by atoms with Crippen molar-refractivity contribution in [2.45, 2.75) is 77.6 Å². The van der Waals surface area contributed by atoms with E-state index in [9.17, 15) is 1.37 Å². The van der Waals surface area contributed by atoms with Gasteiger partial charge in [-0.05, 0) is 146 Å². The van der Waals surface area contributed by atoms with Crippen LogP contribution in [0.15, 0.2) is 261 Å². The molecule has 0 spiro atoms. The normalized spacial score (nSPS) is 14.5. The van der Waals surface area contributed by atoms with Crippen LogP contribution in [0.2, 0.25) is 0 Å². The van der Waals surface area contributed by atoms with Crippen molar-refractivity contribution < 1.29 is 35.9 Å². The van der Waals surface area contributed by atoms with Gasteiger partial charge in [0, 0.05) is 44.3 Å². The minimum Gasteiger partial charge on any atom is -0.510 e. The number of hydrogen-bond acceptors (Lipinski definition) is 2.